The van der Waals surface area contributed by atoms with Crippen molar-refractivity contribution in [3.8, 4) is 0 Å². The molecule has 0 amide bonds. The first-order valence-corrected chi connectivity index (χ1v) is 8.77. The average Bonchev–Trinajstić information content (AvgIpc) is 2.51. The van der Waals surface area contributed by atoms with Gasteiger partial charge in [0, 0.05) is 5.92 Å². The summed E-state index contributed by atoms with van der Waals surface area (Å²) in [6, 6.07) is 0. The summed E-state index contributed by atoms with van der Waals surface area (Å²) in [4.78, 5) is 5.02. The smallest absolute Gasteiger partial charge is 0.114 e. The Morgan fingerprint density at radius 2 is 1.43 bits per heavy atom. The molecule has 0 fully saturated rings. The van der Waals surface area contributed by atoms with Crippen molar-refractivity contribution in [2.75, 3.05) is 0 Å². The molecule has 0 spiro atoms. The van der Waals surface area contributed by atoms with Crippen LogP contribution in [0.1, 0.15) is 84.5 Å². The maximum Gasteiger partial charge on any atom is 0.114 e. The van der Waals surface area contributed by atoms with Crippen LogP contribution in [0, 0.1) is 5.92 Å². The molecule has 1 unspecified atom stereocenters. The van der Waals surface area contributed by atoms with Gasteiger partial charge < -0.3 is 4.84 Å². The molecule has 0 aromatic carbocycles. The molecule has 0 saturated carbocycles. The second kappa shape index (κ2) is 15.3. The maximum atomic E-state index is 5.02. The van der Waals surface area contributed by atoms with Crippen LogP contribution in [-0.4, -0.2) is 5.71 Å². The Labute approximate surface area is 132 Å². The predicted molar refractivity (Wildman–Crippen MR) is 94.5 cm³/mol. The lowest BCUT2D eigenvalue weighted by Crippen LogP contribution is -2.13. The van der Waals surface area contributed by atoms with Crippen LogP contribution in [0.15, 0.2) is 30.7 Å². The molecule has 1 atom stereocenters. The van der Waals surface area contributed by atoms with E-state index in [2.05, 4.69) is 32.2 Å². The van der Waals surface area contributed by atoms with Gasteiger partial charge in [0.25, 0.3) is 0 Å². The van der Waals surface area contributed by atoms with E-state index in [4.69, 9.17) is 4.84 Å². The van der Waals surface area contributed by atoms with Gasteiger partial charge in [-0.15, -0.1) is 0 Å². The highest BCUT2D eigenvalue weighted by molar-refractivity contribution is 5.96. The molecular formula is C19H35NO. The molecule has 21 heavy (non-hydrogen) atoms. The van der Waals surface area contributed by atoms with Crippen molar-refractivity contribution in [1.82, 2.24) is 0 Å². The van der Waals surface area contributed by atoms with Crippen LogP contribution in [0.2, 0.25) is 0 Å². The SMILES string of the molecule is C=CO/N=C(\C=C)C(CCCCCC)CCCCCCC. The second-order valence-electron chi connectivity index (χ2n) is 5.74. The van der Waals surface area contributed by atoms with Gasteiger partial charge in [0.1, 0.15) is 6.26 Å². The van der Waals surface area contributed by atoms with Gasteiger partial charge in [-0.2, -0.15) is 0 Å². The van der Waals surface area contributed by atoms with E-state index in [0.29, 0.717) is 5.92 Å². The minimum atomic E-state index is 0.487. The summed E-state index contributed by atoms with van der Waals surface area (Å²) in [5, 5.41) is 4.16. The Morgan fingerprint density at radius 1 is 0.905 bits per heavy atom. The Kier molecular flexibility index (Phi) is 14.6. The fourth-order valence-corrected chi connectivity index (χ4v) is 2.63. The van der Waals surface area contributed by atoms with Crippen LogP contribution in [0.3, 0.4) is 0 Å². The van der Waals surface area contributed by atoms with Crippen LogP contribution in [0.25, 0.3) is 0 Å². The number of hydrogen-bond donors (Lipinski definition) is 0. The molecule has 122 valence electrons. The molecule has 0 aromatic heterocycles. The van der Waals surface area contributed by atoms with E-state index in [1.165, 1.54) is 76.9 Å². The second-order valence-corrected chi connectivity index (χ2v) is 5.74. The molecule has 0 aromatic rings. The third-order valence-corrected chi connectivity index (χ3v) is 3.92. The van der Waals surface area contributed by atoms with Crippen molar-refractivity contribution in [1.29, 1.82) is 0 Å². The van der Waals surface area contributed by atoms with E-state index in [9.17, 15) is 0 Å². The third-order valence-electron chi connectivity index (χ3n) is 3.92. The van der Waals surface area contributed by atoms with Crippen LogP contribution in [-0.2, 0) is 4.84 Å². The zero-order valence-corrected chi connectivity index (χ0v) is 14.3. The summed E-state index contributed by atoms with van der Waals surface area (Å²) in [7, 11) is 0. The first-order valence-electron chi connectivity index (χ1n) is 8.77. The highest BCUT2D eigenvalue weighted by Gasteiger charge is 2.14. The fourth-order valence-electron chi connectivity index (χ4n) is 2.63. The summed E-state index contributed by atoms with van der Waals surface area (Å²) in [5.74, 6) is 0.487. The first-order chi connectivity index (χ1) is 10.3. The summed E-state index contributed by atoms with van der Waals surface area (Å²) in [6.45, 7) is 11.9. The predicted octanol–water partition coefficient (Wildman–Crippen LogP) is 6.64. The molecule has 0 saturated heterocycles. The van der Waals surface area contributed by atoms with Crippen molar-refractivity contribution in [3.05, 3.63) is 25.5 Å². The fraction of sp³-hybridized carbons (Fsp3) is 0.737. The first kappa shape index (κ1) is 19.9. The van der Waals surface area contributed by atoms with E-state index in [0.717, 1.165) is 5.71 Å². The number of hydrogen-bond acceptors (Lipinski definition) is 2. The normalized spacial score (nSPS) is 13.0. The highest BCUT2D eigenvalue weighted by atomic mass is 16.6. The van der Waals surface area contributed by atoms with E-state index in [1.54, 1.807) is 0 Å². The minimum absolute atomic E-state index is 0.487. The van der Waals surface area contributed by atoms with E-state index < -0.39 is 0 Å². The van der Waals surface area contributed by atoms with Crippen molar-refractivity contribution in [3.63, 3.8) is 0 Å². The Bertz CT molecular complexity index is 283. The zero-order chi connectivity index (χ0) is 15.8. The summed E-state index contributed by atoms with van der Waals surface area (Å²) >= 11 is 0. The van der Waals surface area contributed by atoms with Crippen molar-refractivity contribution >= 4 is 5.71 Å². The van der Waals surface area contributed by atoms with Crippen LogP contribution in [0.5, 0.6) is 0 Å². The van der Waals surface area contributed by atoms with Crippen molar-refractivity contribution in [2.24, 2.45) is 11.1 Å². The monoisotopic (exact) mass is 293 g/mol. The number of allylic oxidation sites excluding steroid dienone is 1. The molecule has 0 aliphatic heterocycles. The Morgan fingerprint density at radius 3 is 1.90 bits per heavy atom. The lowest BCUT2D eigenvalue weighted by molar-refractivity contribution is 0.266. The number of nitrogens with zero attached hydrogens (tertiary/aromatic N) is 1. The van der Waals surface area contributed by atoms with Gasteiger partial charge in [0.15, 0.2) is 0 Å². The molecule has 2 nitrogen and oxygen atoms in total. The van der Waals surface area contributed by atoms with Crippen molar-refractivity contribution < 1.29 is 4.84 Å². The number of unbranched alkanes of at least 4 members (excludes halogenated alkanes) is 7. The molecule has 0 bridgehead atoms. The Balaban J connectivity index is 4.30. The summed E-state index contributed by atoms with van der Waals surface area (Å²) in [6.07, 6.45) is 17.4. The highest BCUT2D eigenvalue weighted by Crippen LogP contribution is 2.21. The molecular weight excluding hydrogens is 258 g/mol. The van der Waals surface area contributed by atoms with Gasteiger partial charge in [0.05, 0.1) is 5.71 Å². The van der Waals surface area contributed by atoms with Gasteiger partial charge >= 0.3 is 0 Å². The topological polar surface area (TPSA) is 21.6 Å². The Hall–Kier alpha value is -1.05. The standard InChI is InChI=1S/C19H35NO/c1-5-9-11-13-15-17-18(16-14-12-10-6-2)19(7-3)20-21-8-4/h7-8,18H,3-6,9-17H2,1-2H3/b20-19+. The minimum Gasteiger partial charge on any atom is -0.365 e. The van der Waals surface area contributed by atoms with Gasteiger partial charge in [-0.3, -0.25) is 0 Å². The summed E-state index contributed by atoms with van der Waals surface area (Å²) in [5.41, 5.74) is 0.988. The van der Waals surface area contributed by atoms with Gasteiger partial charge in [-0.1, -0.05) is 89.9 Å². The van der Waals surface area contributed by atoms with Crippen LogP contribution >= 0.6 is 0 Å². The average molecular weight is 293 g/mol. The molecule has 0 N–H and O–H groups in total. The molecule has 0 aliphatic rings. The van der Waals surface area contributed by atoms with Gasteiger partial charge in [-0.05, 0) is 18.9 Å². The van der Waals surface area contributed by atoms with Crippen LogP contribution in [0.4, 0.5) is 0 Å². The molecule has 0 heterocycles. The largest absolute Gasteiger partial charge is 0.365 e. The van der Waals surface area contributed by atoms with Gasteiger partial charge in [-0.25, -0.2) is 0 Å². The number of rotatable bonds is 15. The molecule has 0 radical (unpaired) electrons. The quantitative estimate of drug-likeness (QED) is 0.144. The van der Waals surface area contributed by atoms with E-state index in [1.807, 2.05) is 6.08 Å². The molecule has 2 heteroatoms. The molecule has 0 rings (SSSR count). The van der Waals surface area contributed by atoms with E-state index in [-0.39, 0.29) is 0 Å². The molecule has 0 aliphatic carbocycles. The van der Waals surface area contributed by atoms with Gasteiger partial charge in [0.2, 0.25) is 0 Å². The third kappa shape index (κ3) is 11.3. The zero-order valence-electron chi connectivity index (χ0n) is 14.3. The van der Waals surface area contributed by atoms with E-state index >= 15 is 0 Å². The van der Waals surface area contributed by atoms with Crippen molar-refractivity contribution in [2.45, 2.75) is 84.5 Å². The number of oxime groups is 1. The van der Waals surface area contributed by atoms with Crippen LogP contribution < -0.4 is 0 Å². The summed E-state index contributed by atoms with van der Waals surface area (Å²) < 4.78 is 0. The lowest BCUT2D eigenvalue weighted by Gasteiger charge is -2.16. The lowest BCUT2D eigenvalue weighted by atomic mass is 9.90. The maximum absolute atomic E-state index is 5.02.